The molecule has 0 aliphatic carbocycles. The maximum atomic E-state index is 12.0. The van der Waals surface area contributed by atoms with Crippen molar-refractivity contribution >= 4 is 28.5 Å². The fourth-order valence-corrected chi connectivity index (χ4v) is 3.48. The highest BCUT2D eigenvalue weighted by molar-refractivity contribution is 6.31. The molecular formula is C17H21ClN2O2. The third-order valence-electron chi connectivity index (χ3n) is 4.25. The molecule has 3 rings (SSSR count). The van der Waals surface area contributed by atoms with Crippen LogP contribution in [0.4, 0.5) is 0 Å². The van der Waals surface area contributed by atoms with Crippen molar-refractivity contribution in [1.82, 2.24) is 10.3 Å². The Morgan fingerprint density at radius 3 is 2.91 bits per heavy atom. The van der Waals surface area contributed by atoms with Crippen LogP contribution in [0.3, 0.4) is 0 Å². The minimum Gasteiger partial charge on any atom is -0.468 e. The topological polar surface area (TPSA) is 54.1 Å². The predicted molar refractivity (Wildman–Crippen MR) is 88.1 cm³/mol. The van der Waals surface area contributed by atoms with E-state index in [2.05, 4.69) is 24.1 Å². The number of esters is 1. The second kappa shape index (κ2) is 5.94. The molecule has 4 nitrogen and oxygen atoms in total. The highest BCUT2D eigenvalue weighted by atomic mass is 35.5. The SMILES string of the molecule is COC(=O)[C@@H]1Cc2c([nH]c3cc(Cl)ccc23)[C@@H](CC(C)C)N1. The molecule has 2 aromatic rings. The van der Waals surface area contributed by atoms with Crippen LogP contribution < -0.4 is 5.32 Å². The van der Waals surface area contributed by atoms with Gasteiger partial charge in [0.2, 0.25) is 0 Å². The van der Waals surface area contributed by atoms with E-state index in [-0.39, 0.29) is 18.1 Å². The van der Waals surface area contributed by atoms with Crippen molar-refractivity contribution in [2.75, 3.05) is 7.11 Å². The van der Waals surface area contributed by atoms with E-state index in [0.717, 1.165) is 17.3 Å². The number of hydrogen-bond donors (Lipinski definition) is 2. The van der Waals surface area contributed by atoms with Crippen LogP contribution in [-0.4, -0.2) is 24.1 Å². The molecule has 2 N–H and O–H groups in total. The Morgan fingerprint density at radius 1 is 1.45 bits per heavy atom. The average Bonchev–Trinajstić information content (AvgIpc) is 2.83. The van der Waals surface area contributed by atoms with Gasteiger partial charge in [-0.05, 0) is 30.0 Å². The van der Waals surface area contributed by atoms with Crippen molar-refractivity contribution in [1.29, 1.82) is 0 Å². The molecule has 0 spiro atoms. The van der Waals surface area contributed by atoms with E-state index >= 15 is 0 Å². The Morgan fingerprint density at radius 2 is 2.23 bits per heavy atom. The van der Waals surface area contributed by atoms with Gasteiger partial charge in [-0.2, -0.15) is 0 Å². The van der Waals surface area contributed by atoms with Crippen molar-refractivity contribution < 1.29 is 9.53 Å². The Bertz CT molecular complexity index is 708. The summed E-state index contributed by atoms with van der Waals surface area (Å²) in [5, 5.41) is 5.28. The monoisotopic (exact) mass is 320 g/mol. The van der Waals surface area contributed by atoms with Gasteiger partial charge in [0, 0.05) is 34.1 Å². The zero-order valence-corrected chi connectivity index (χ0v) is 13.8. The van der Waals surface area contributed by atoms with Crippen molar-refractivity contribution in [3.8, 4) is 0 Å². The van der Waals surface area contributed by atoms with Crippen molar-refractivity contribution in [2.24, 2.45) is 5.92 Å². The molecule has 5 heteroatoms. The number of fused-ring (bicyclic) bond motifs is 3. The normalized spacial score (nSPS) is 21.1. The maximum absolute atomic E-state index is 12.0. The van der Waals surface area contributed by atoms with Gasteiger partial charge >= 0.3 is 5.97 Å². The Kier molecular flexibility index (Phi) is 4.15. The highest BCUT2D eigenvalue weighted by Crippen LogP contribution is 2.35. The van der Waals surface area contributed by atoms with Crippen molar-refractivity contribution in [2.45, 2.75) is 38.8 Å². The van der Waals surface area contributed by atoms with Gasteiger partial charge < -0.3 is 9.72 Å². The Balaban J connectivity index is 2.08. The lowest BCUT2D eigenvalue weighted by atomic mass is 9.90. The van der Waals surface area contributed by atoms with E-state index in [1.54, 1.807) is 0 Å². The summed E-state index contributed by atoms with van der Waals surface area (Å²) in [5.74, 6) is 0.319. The molecule has 2 heterocycles. The van der Waals surface area contributed by atoms with Crippen LogP contribution in [-0.2, 0) is 16.0 Å². The van der Waals surface area contributed by atoms with E-state index in [1.165, 1.54) is 18.4 Å². The minimum atomic E-state index is -0.295. The molecule has 0 saturated carbocycles. The molecule has 0 unspecified atom stereocenters. The van der Waals surface area contributed by atoms with Crippen LogP contribution in [0.25, 0.3) is 10.9 Å². The number of aromatic nitrogens is 1. The van der Waals surface area contributed by atoms with E-state index in [0.29, 0.717) is 17.4 Å². The lowest BCUT2D eigenvalue weighted by molar-refractivity contribution is -0.143. The van der Waals surface area contributed by atoms with Gasteiger partial charge in [0.05, 0.1) is 7.11 Å². The number of halogens is 1. The van der Waals surface area contributed by atoms with Crippen LogP contribution in [0.5, 0.6) is 0 Å². The summed E-state index contributed by atoms with van der Waals surface area (Å²) >= 11 is 6.09. The number of carbonyl (C=O) groups excluding carboxylic acids is 1. The highest BCUT2D eigenvalue weighted by Gasteiger charge is 2.33. The van der Waals surface area contributed by atoms with Crippen LogP contribution in [0.2, 0.25) is 5.02 Å². The van der Waals surface area contributed by atoms with Gasteiger partial charge in [0.15, 0.2) is 0 Å². The molecule has 0 amide bonds. The molecule has 2 atom stereocenters. The summed E-state index contributed by atoms with van der Waals surface area (Å²) < 4.78 is 4.93. The van der Waals surface area contributed by atoms with E-state index in [9.17, 15) is 4.79 Å². The van der Waals surface area contributed by atoms with Crippen LogP contribution in [0.15, 0.2) is 18.2 Å². The quantitative estimate of drug-likeness (QED) is 0.850. The molecular weight excluding hydrogens is 300 g/mol. The van der Waals surface area contributed by atoms with E-state index < -0.39 is 0 Å². The minimum absolute atomic E-state index is 0.124. The van der Waals surface area contributed by atoms with E-state index in [1.807, 2.05) is 18.2 Å². The van der Waals surface area contributed by atoms with Gasteiger partial charge in [-0.15, -0.1) is 0 Å². The van der Waals surface area contributed by atoms with Gasteiger partial charge in [0.1, 0.15) is 6.04 Å². The number of nitrogens with one attached hydrogen (secondary N) is 2. The molecule has 22 heavy (non-hydrogen) atoms. The predicted octanol–water partition coefficient (Wildman–Crippen LogP) is 3.60. The second-order valence-electron chi connectivity index (χ2n) is 6.34. The number of rotatable bonds is 3. The number of benzene rings is 1. The molecule has 0 saturated heterocycles. The Hall–Kier alpha value is -1.52. The zero-order valence-electron chi connectivity index (χ0n) is 13.1. The number of carbonyl (C=O) groups is 1. The summed E-state index contributed by atoms with van der Waals surface area (Å²) in [6.07, 6.45) is 1.60. The summed E-state index contributed by atoms with van der Waals surface area (Å²) in [6.45, 7) is 4.37. The zero-order chi connectivity index (χ0) is 15.9. The Labute approximate surface area is 135 Å². The average molecular weight is 321 g/mol. The first kappa shape index (κ1) is 15.4. The number of H-pyrrole nitrogens is 1. The second-order valence-corrected chi connectivity index (χ2v) is 6.77. The first-order valence-corrected chi connectivity index (χ1v) is 8.01. The van der Waals surface area contributed by atoms with Crippen LogP contribution in [0.1, 0.15) is 37.6 Å². The van der Waals surface area contributed by atoms with Gasteiger partial charge in [-0.3, -0.25) is 10.1 Å². The first-order chi connectivity index (χ1) is 10.5. The van der Waals surface area contributed by atoms with Crippen molar-refractivity contribution in [3.63, 3.8) is 0 Å². The first-order valence-electron chi connectivity index (χ1n) is 7.63. The molecule has 0 radical (unpaired) electrons. The van der Waals surface area contributed by atoms with Crippen molar-refractivity contribution in [3.05, 3.63) is 34.5 Å². The molecule has 1 aliphatic rings. The number of methoxy groups -OCH3 is 1. The smallest absolute Gasteiger partial charge is 0.323 e. The molecule has 1 aromatic carbocycles. The number of aromatic amines is 1. The van der Waals surface area contributed by atoms with Crippen LogP contribution >= 0.6 is 11.6 Å². The third-order valence-corrected chi connectivity index (χ3v) is 4.49. The maximum Gasteiger partial charge on any atom is 0.323 e. The molecule has 1 aromatic heterocycles. The molecule has 1 aliphatic heterocycles. The molecule has 0 fully saturated rings. The lowest BCUT2D eigenvalue weighted by Gasteiger charge is -2.31. The fourth-order valence-electron chi connectivity index (χ4n) is 3.31. The fraction of sp³-hybridized carbons (Fsp3) is 0.471. The van der Waals surface area contributed by atoms with E-state index in [4.69, 9.17) is 16.3 Å². The lowest BCUT2D eigenvalue weighted by Crippen LogP contribution is -2.45. The van der Waals surface area contributed by atoms with Gasteiger partial charge in [-0.1, -0.05) is 31.5 Å². The molecule has 0 bridgehead atoms. The standard InChI is InChI=1S/C17H21ClN2O2/c1-9(2)6-14-16-12(8-15(19-14)17(21)22-3)11-5-4-10(18)7-13(11)20-16/h4-5,7,9,14-15,19-20H,6,8H2,1-3H3/t14-,15+/m1/s1. The number of hydrogen-bond acceptors (Lipinski definition) is 3. The molecule has 118 valence electrons. The van der Waals surface area contributed by atoms with Crippen LogP contribution in [0, 0.1) is 5.92 Å². The summed E-state index contributed by atoms with van der Waals surface area (Å²) in [4.78, 5) is 15.5. The van der Waals surface area contributed by atoms with Gasteiger partial charge in [-0.25, -0.2) is 0 Å². The summed E-state index contributed by atoms with van der Waals surface area (Å²) in [5.41, 5.74) is 3.40. The third kappa shape index (κ3) is 2.73. The largest absolute Gasteiger partial charge is 0.468 e. The summed E-state index contributed by atoms with van der Waals surface area (Å²) in [6, 6.07) is 5.69. The number of ether oxygens (including phenoxy) is 1. The van der Waals surface area contributed by atoms with Gasteiger partial charge in [0.25, 0.3) is 0 Å². The summed E-state index contributed by atoms with van der Waals surface area (Å²) in [7, 11) is 1.44.